The molecule has 6 nitrogen and oxygen atoms in total. The molecule has 0 saturated carbocycles. The summed E-state index contributed by atoms with van der Waals surface area (Å²) in [6, 6.07) is 4.94. The minimum atomic E-state index is -1.05. The number of morpholine rings is 1. The Labute approximate surface area is 117 Å². The van der Waals surface area contributed by atoms with Gasteiger partial charge < -0.3 is 25.6 Å². The molecule has 0 bridgehead atoms. The summed E-state index contributed by atoms with van der Waals surface area (Å²) in [6.07, 6.45) is -0.313. The Bertz CT molecular complexity index is 516. The van der Waals surface area contributed by atoms with Crippen LogP contribution in [0.25, 0.3) is 0 Å². The van der Waals surface area contributed by atoms with Crippen molar-refractivity contribution >= 4 is 17.3 Å². The van der Waals surface area contributed by atoms with Gasteiger partial charge in [0.25, 0.3) is 0 Å². The number of aliphatic hydroxyl groups excluding tert-OH is 1. The van der Waals surface area contributed by atoms with Gasteiger partial charge in [-0.25, -0.2) is 4.79 Å². The van der Waals surface area contributed by atoms with Crippen LogP contribution in [0.1, 0.15) is 24.2 Å². The van der Waals surface area contributed by atoms with E-state index in [1.807, 2.05) is 18.7 Å². The first-order valence-corrected chi connectivity index (χ1v) is 6.49. The third-order valence-electron chi connectivity index (χ3n) is 3.34. The zero-order valence-corrected chi connectivity index (χ0v) is 11.7. The van der Waals surface area contributed by atoms with E-state index >= 15 is 0 Å². The van der Waals surface area contributed by atoms with E-state index in [0.29, 0.717) is 18.8 Å². The molecule has 1 aliphatic rings. The van der Waals surface area contributed by atoms with E-state index < -0.39 is 11.6 Å². The zero-order chi connectivity index (χ0) is 14.9. The van der Waals surface area contributed by atoms with Crippen molar-refractivity contribution in [1.29, 1.82) is 0 Å². The number of nitrogen functional groups attached to an aromatic ring is 1. The highest BCUT2D eigenvalue weighted by molar-refractivity contribution is 5.97. The van der Waals surface area contributed by atoms with Gasteiger partial charge in [-0.15, -0.1) is 0 Å². The number of hydrogen-bond donors (Lipinski definition) is 3. The minimum absolute atomic E-state index is 0.0849. The molecule has 0 spiro atoms. The molecule has 1 saturated heterocycles. The number of rotatable bonds is 3. The molecule has 0 amide bonds. The minimum Gasteiger partial charge on any atom is -0.478 e. The van der Waals surface area contributed by atoms with Crippen LogP contribution in [-0.4, -0.2) is 47.6 Å². The monoisotopic (exact) mass is 280 g/mol. The van der Waals surface area contributed by atoms with Crippen LogP contribution >= 0.6 is 0 Å². The van der Waals surface area contributed by atoms with E-state index in [1.54, 1.807) is 12.1 Å². The number of benzene rings is 1. The number of aliphatic hydroxyl groups is 1. The second-order valence-electron chi connectivity index (χ2n) is 5.61. The third-order valence-corrected chi connectivity index (χ3v) is 3.34. The average Bonchev–Trinajstić information content (AvgIpc) is 2.36. The number of carboxylic acid groups (broad SMARTS) is 1. The van der Waals surface area contributed by atoms with Gasteiger partial charge in [0.2, 0.25) is 0 Å². The largest absolute Gasteiger partial charge is 0.478 e. The highest BCUT2D eigenvalue weighted by Gasteiger charge is 2.34. The van der Waals surface area contributed by atoms with E-state index in [-0.39, 0.29) is 24.0 Å². The predicted molar refractivity (Wildman–Crippen MR) is 76.1 cm³/mol. The first kappa shape index (κ1) is 14.6. The van der Waals surface area contributed by atoms with Crippen LogP contribution in [0.3, 0.4) is 0 Å². The topological polar surface area (TPSA) is 96.0 Å². The number of aromatic carboxylic acids is 1. The van der Waals surface area contributed by atoms with Gasteiger partial charge >= 0.3 is 5.97 Å². The quantitative estimate of drug-likeness (QED) is 0.713. The summed E-state index contributed by atoms with van der Waals surface area (Å²) in [5.74, 6) is -1.05. The Balaban J connectivity index is 2.35. The van der Waals surface area contributed by atoms with E-state index in [1.165, 1.54) is 6.07 Å². The summed E-state index contributed by atoms with van der Waals surface area (Å²) in [7, 11) is 0. The lowest BCUT2D eigenvalue weighted by atomic mass is 10.0. The molecule has 0 radical (unpaired) electrons. The van der Waals surface area contributed by atoms with E-state index in [9.17, 15) is 9.90 Å². The van der Waals surface area contributed by atoms with Crippen molar-refractivity contribution in [2.45, 2.75) is 25.6 Å². The molecule has 20 heavy (non-hydrogen) atoms. The van der Waals surface area contributed by atoms with Gasteiger partial charge in [-0.3, -0.25) is 0 Å². The van der Waals surface area contributed by atoms with Crippen LogP contribution in [0.4, 0.5) is 11.4 Å². The van der Waals surface area contributed by atoms with Crippen molar-refractivity contribution in [3.63, 3.8) is 0 Å². The van der Waals surface area contributed by atoms with Gasteiger partial charge in [-0.05, 0) is 26.0 Å². The van der Waals surface area contributed by atoms with E-state index in [2.05, 4.69) is 0 Å². The number of para-hydroxylation sites is 1. The standard InChI is InChI=1S/C14H20N2O4/c1-14(2)8-16(6-9(7-17)20-14)11-5-3-4-10(12(11)15)13(18)19/h3-5,9,17H,6-8,15H2,1-2H3,(H,18,19). The first-order chi connectivity index (χ1) is 9.34. The highest BCUT2D eigenvalue weighted by Crippen LogP contribution is 2.31. The molecule has 0 aromatic heterocycles. The molecule has 1 aromatic rings. The fourth-order valence-electron chi connectivity index (χ4n) is 2.59. The van der Waals surface area contributed by atoms with Gasteiger partial charge in [0.05, 0.1) is 35.3 Å². The maximum atomic E-state index is 11.1. The first-order valence-electron chi connectivity index (χ1n) is 6.49. The molecular weight excluding hydrogens is 260 g/mol. The smallest absolute Gasteiger partial charge is 0.337 e. The Morgan fingerprint density at radius 3 is 2.85 bits per heavy atom. The number of carbonyl (C=O) groups is 1. The number of carboxylic acids is 1. The predicted octanol–water partition coefficient (Wildman–Crippen LogP) is 0.943. The molecule has 0 aliphatic carbocycles. The summed E-state index contributed by atoms with van der Waals surface area (Å²) in [4.78, 5) is 13.1. The molecule has 2 rings (SSSR count). The molecule has 1 atom stereocenters. The van der Waals surface area contributed by atoms with Crippen molar-refractivity contribution in [2.24, 2.45) is 0 Å². The lowest BCUT2D eigenvalue weighted by Crippen LogP contribution is -2.54. The summed E-state index contributed by atoms with van der Waals surface area (Å²) in [6.45, 7) is 4.83. The zero-order valence-electron chi connectivity index (χ0n) is 11.7. The van der Waals surface area contributed by atoms with Crippen molar-refractivity contribution in [3.05, 3.63) is 23.8 Å². The second kappa shape index (κ2) is 5.30. The maximum Gasteiger partial charge on any atom is 0.337 e. The van der Waals surface area contributed by atoms with Crippen LogP contribution in [0, 0.1) is 0 Å². The van der Waals surface area contributed by atoms with Gasteiger partial charge in [0.1, 0.15) is 0 Å². The lowest BCUT2D eigenvalue weighted by Gasteiger charge is -2.43. The molecule has 1 aromatic carbocycles. The van der Waals surface area contributed by atoms with Crippen molar-refractivity contribution in [1.82, 2.24) is 0 Å². The van der Waals surface area contributed by atoms with Gasteiger partial charge in [0.15, 0.2) is 0 Å². The molecule has 1 unspecified atom stereocenters. The number of nitrogens with two attached hydrogens (primary N) is 1. The van der Waals surface area contributed by atoms with E-state index in [0.717, 1.165) is 0 Å². The highest BCUT2D eigenvalue weighted by atomic mass is 16.5. The van der Waals surface area contributed by atoms with Crippen LogP contribution in [0.5, 0.6) is 0 Å². The summed E-state index contributed by atoms with van der Waals surface area (Å²) >= 11 is 0. The van der Waals surface area contributed by atoms with Crippen molar-refractivity contribution in [3.8, 4) is 0 Å². The second-order valence-corrected chi connectivity index (χ2v) is 5.61. The van der Waals surface area contributed by atoms with Gasteiger partial charge in [-0.1, -0.05) is 6.07 Å². The number of anilines is 2. The molecule has 1 aliphatic heterocycles. The van der Waals surface area contributed by atoms with Gasteiger partial charge in [0, 0.05) is 13.1 Å². The van der Waals surface area contributed by atoms with Gasteiger partial charge in [-0.2, -0.15) is 0 Å². The summed E-state index contributed by atoms with van der Waals surface area (Å²) in [5.41, 5.74) is 6.53. The Morgan fingerprint density at radius 2 is 2.25 bits per heavy atom. The van der Waals surface area contributed by atoms with Crippen molar-refractivity contribution in [2.75, 3.05) is 30.3 Å². The Kier molecular flexibility index (Phi) is 3.87. The summed E-state index contributed by atoms with van der Waals surface area (Å²) in [5, 5.41) is 18.4. The fraction of sp³-hybridized carbons (Fsp3) is 0.500. The SMILES string of the molecule is CC1(C)CN(c2cccc(C(=O)O)c2N)CC(CO)O1. The molecular formula is C14H20N2O4. The Morgan fingerprint density at radius 1 is 1.55 bits per heavy atom. The molecule has 1 fully saturated rings. The summed E-state index contributed by atoms with van der Waals surface area (Å²) < 4.78 is 5.74. The number of hydrogen-bond acceptors (Lipinski definition) is 5. The number of ether oxygens (including phenoxy) is 1. The normalized spacial score (nSPS) is 21.8. The van der Waals surface area contributed by atoms with Crippen LogP contribution in [0.2, 0.25) is 0 Å². The van der Waals surface area contributed by atoms with E-state index in [4.69, 9.17) is 15.6 Å². The lowest BCUT2D eigenvalue weighted by molar-refractivity contribution is -0.100. The van der Waals surface area contributed by atoms with Crippen LogP contribution in [0.15, 0.2) is 18.2 Å². The molecule has 1 heterocycles. The third kappa shape index (κ3) is 2.86. The van der Waals surface area contributed by atoms with Crippen LogP contribution < -0.4 is 10.6 Å². The molecule has 4 N–H and O–H groups in total. The van der Waals surface area contributed by atoms with Crippen molar-refractivity contribution < 1.29 is 19.7 Å². The van der Waals surface area contributed by atoms with Crippen LogP contribution in [-0.2, 0) is 4.74 Å². The molecule has 110 valence electrons. The fourth-order valence-corrected chi connectivity index (χ4v) is 2.59. The molecule has 6 heteroatoms. The Hall–Kier alpha value is -1.79. The maximum absolute atomic E-state index is 11.1. The number of nitrogens with zero attached hydrogens (tertiary/aromatic N) is 1. The average molecular weight is 280 g/mol.